The third-order valence-corrected chi connectivity index (χ3v) is 7.08. The first kappa shape index (κ1) is 28.4. The Balaban J connectivity index is 1.52. The third kappa shape index (κ3) is 5.83. The summed E-state index contributed by atoms with van der Waals surface area (Å²) >= 11 is 0. The molecule has 2 heterocycles. The van der Waals surface area contributed by atoms with E-state index >= 15 is 0 Å². The number of methoxy groups -OCH3 is 2. The van der Waals surface area contributed by atoms with Crippen LogP contribution in [0.5, 0.6) is 17.2 Å². The molecule has 42 heavy (non-hydrogen) atoms. The van der Waals surface area contributed by atoms with Gasteiger partial charge < -0.3 is 28.8 Å². The van der Waals surface area contributed by atoms with Gasteiger partial charge in [-0.3, -0.25) is 9.59 Å². The van der Waals surface area contributed by atoms with Crippen molar-refractivity contribution in [2.45, 2.75) is 25.6 Å². The number of amides is 1. The normalized spacial score (nSPS) is 16.1. The van der Waals surface area contributed by atoms with Gasteiger partial charge in [0, 0.05) is 31.0 Å². The molecule has 1 atom stereocenters. The molecule has 1 amide bonds. The van der Waals surface area contributed by atoms with E-state index in [9.17, 15) is 19.1 Å². The Bertz CT molecular complexity index is 1600. The van der Waals surface area contributed by atoms with Crippen molar-refractivity contribution in [2.75, 3.05) is 20.8 Å². The fraction of sp³-hybridized carbons (Fsp3) is 0.219. The van der Waals surface area contributed by atoms with E-state index in [4.69, 9.17) is 14.2 Å². The molecule has 0 aliphatic carbocycles. The number of nitrogens with zero attached hydrogens (tertiary/aromatic N) is 3. The molecule has 10 heteroatoms. The first-order valence-corrected chi connectivity index (χ1v) is 13.3. The number of aliphatic hydroxyl groups excluding tert-OH is 1. The molecule has 1 unspecified atom stereocenters. The largest absolute Gasteiger partial charge is 0.507 e. The van der Waals surface area contributed by atoms with Crippen LogP contribution in [0, 0.1) is 5.82 Å². The predicted molar refractivity (Wildman–Crippen MR) is 153 cm³/mol. The Morgan fingerprint density at radius 3 is 2.40 bits per heavy atom. The second-order valence-corrected chi connectivity index (χ2v) is 9.68. The highest BCUT2D eigenvalue weighted by molar-refractivity contribution is 6.46. The fourth-order valence-electron chi connectivity index (χ4n) is 4.98. The van der Waals surface area contributed by atoms with Crippen LogP contribution in [0.4, 0.5) is 4.39 Å². The number of ether oxygens (including phenoxy) is 3. The second-order valence-electron chi connectivity index (χ2n) is 9.68. The Hall–Kier alpha value is -5.12. The molecule has 0 bridgehead atoms. The molecule has 1 fully saturated rings. The molecule has 3 aromatic carbocycles. The Morgan fingerprint density at radius 1 is 0.952 bits per heavy atom. The van der Waals surface area contributed by atoms with Crippen LogP contribution in [0.2, 0.25) is 0 Å². The number of ketones is 1. The number of aromatic nitrogens is 2. The zero-order valence-corrected chi connectivity index (χ0v) is 23.2. The maximum atomic E-state index is 14.5. The smallest absolute Gasteiger partial charge is 0.295 e. The van der Waals surface area contributed by atoms with Crippen molar-refractivity contribution in [1.29, 1.82) is 0 Å². The monoisotopic (exact) mass is 571 g/mol. The molecule has 216 valence electrons. The van der Waals surface area contributed by atoms with Crippen molar-refractivity contribution in [1.82, 2.24) is 14.5 Å². The summed E-state index contributed by atoms with van der Waals surface area (Å²) in [5, 5.41) is 11.3. The number of hydrogen-bond donors (Lipinski definition) is 1. The number of Topliss-reactive ketones (excluding diaryl/α,β-unsaturated/α-hetero) is 1. The van der Waals surface area contributed by atoms with Crippen molar-refractivity contribution >= 4 is 17.4 Å². The molecule has 9 nitrogen and oxygen atoms in total. The van der Waals surface area contributed by atoms with Crippen molar-refractivity contribution in [3.05, 3.63) is 114 Å². The number of carbonyl (C=O) groups is 2. The average Bonchev–Trinajstić information content (AvgIpc) is 3.62. The van der Waals surface area contributed by atoms with Crippen LogP contribution in [0.15, 0.2) is 91.0 Å². The van der Waals surface area contributed by atoms with Gasteiger partial charge in [-0.05, 0) is 47.9 Å². The third-order valence-electron chi connectivity index (χ3n) is 7.08. The van der Waals surface area contributed by atoms with Crippen molar-refractivity contribution in [3.63, 3.8) is 0 Å². The van der Waals surface area contributed by atoms with Gasteiger partial charge in [0.25, 0.3) is 11.7 Å². The van der Waals surface area contributed by atoms with Crippen LogP contribution in [0.25, 0.3) is 5.76 Å². The second kappa shape index (κ2) is 12.6. The zero-order chi connectivity index (χ0) is 29.6. The number of aliphatic hydroxyl groups is 1. The van der Waals surface area contributed by atoms with Gasteiger partial charge in [-0.2, -0.15) is 0 Å². The first-order valence-electron chi connectivity index (χ1n) is 13.3. The van der Waals surface area contributed by atoms with Crippen LogP contribution in [0.3, 0.4) is 0 Å². The minimum atomic E-state index is -0.949. The van der Waals surface area contributed by atoms with Crippen LogP contribution < -0.4 is 14.2 Å². The fourth-order valence-corrected chi connectivity index (χ4v) is 4.98. The van der Waals surface area contributed by atoms with Gasteiger partial charge in [0.2, 0.25) is 0 Å². The molecule has 4 aromatic rings. The van der Waals surface area contributed by atoms with Gasteiger partial charge in [0.15, 0.2) is 23.1 Å². The summed E-state index contributed by atoms with van der Waals surface area (Å²) in [5.74, 6) is -1.97. The van der Waals surface area contributed by atoms with Gasteiger partial charge in [-0.15, -0.1) is 0 Å². The van der Waals surface area contributed by atoms with Gasteiger partial charge in [-0.25, -0.2) is 9.37 Å². The molecule has 0 radical (unpaired) electrons. The van der Waals surface area contributed by atoms with Crippen LogP contribution in [-0.2, 0) is 22.7 Å². The topological polar surface area (TPSA) is 103 Å². The minimum absolute atomic E-state index is 0.0149. The van der Waals surface area contributed by atoms with E-state index in [-0.39, 0.29) is 23.4 Å². The van der Waals surface area contributed by atoms with E-state index in [1.807, 2.05) is 41.1 Å². The van der Waals surface area contributed by atoms with E-state index in [2.05, 4.69) is 4.98 Å². The summed E-state index contributed by atoms with van der Waals surface area (Å²) in [5.41, 5.74) is 1.40. The van der Waals surface area contributed by atoms with Gasteiger partial charge >= 0.3 is 0 Å². The lowest BCUT2D eigenvalue weighted by molar-refractivity contribution is -0.139. The number of likely N-dealkylation sites (tertiary alicyclic amines) is 1. The van der Waals surface area contributed by atoms with E-state index < -0.39 is 29.3 Å². The SMILES string of the molecule is COc1ccc(C(O)=C2C(=O)C(=O)N(CCCn3ccnc3)C2c2ccc(OCc3ccccc3)c(OC)c2)cc1F. The highest BCUT2D eigenvalue weighted by atomic mass is 19.1. The molecule has 1 saturated heterocycles. The summed E-state index contributed by atoms with van der Waals surface area (Å²) < 4.78 is 33.0. The molecule has 5 rings (SSSR count). The molecule has 0 saturated carbocycles. The summed E-state index contributed by atoms with van der Waals surface area (Å²) in [6.07, 6.45) is 5.66. The molecule has 1 aliphatic heterocycles. The Kier molecular flexibility index (Phi) is 8.52. The average molecular weight is 572 g/mol. The maximum absolute atomic E-state index is 14.5. The molecular formula is C32H30FN3O6. The van der Waals surface area contributed by atoms with Gasteiger partial charge in [-0.1, -0.05) is 36.4 Å². The van der Waals surface area contributed by atoms with E-state index in [1.165, 1.54) is 31.3 Å². The first-order chi connectivity index (χ1) is 20.4. The lowest BCUT2D eigenvalue weighted by Gasteiger charge is -2.26. The molecule has 1 N–H and O–H groups in total. The zero-order valence-electron chi connectivity index (χ0n) is 23.2. The number of aryl methyl sites for hydroxylation is 1. The van der Waals surface area contributed by atoms with E-state index in [0.717, 1.165) is 11.6 Å². The van der Waals surface area contributed by atoms with E-state index in [1.54, 1.807) is 30.7 Å². The quantitative estimate of drug-likeness (QED) is 0.151. The van der Waals surface area contributed by atoms with Gasteiger partial charge in [0.05, 0.1) is 32.2 Å². The number of benzene rings is 3. The van der Waals surface area contributed by atoms with Crippen LogP contribution >= 0.6 is 0 Å². The van der Waals surface area contributed by atoms with Crippen molar-refractivity contribution in [2.24, 2.45) is 0 Å². The standard InChI is InChI=1S/C32H30FN3O6/c1-40-25-11-10-23(17-24(25)33)30(37)28-29(36(32(39)31(28)38)15-6-14-35-16-13-34-20-35)22-9-12-26(27(18-22)41-2)42-19-21-7-4-3-5-8-21/h3-5,7-13,16-18,20,29,37H,6,14-15,19H2,1-2H3. The molecule has 1 aromatic heterocycles. The minimum Gasteiger partial charge on any atom is -0.507 e. The number of halogens is 1. The Labute approximate surface area is 242 Å². The van der Waals surface area contributed by atoms with Crippen LogP contribution in [0.1, 0.15) is 29.2 Å². The van der Waals surface area contributed by atoms with Crippen LogP contribution in [-0.4, -0.2) is 52.0 Å². The maximum Gasteiger partial charge on any atom is 0.295 e. The van der Waals surface area contributed by atoms with Gasteiger partial charge in [0.1, 0.15) is 12.4 Å². The predicted octanol–water partition coefficient (Wildman–Crippen LogP) is 5.13. The van der Waals surface area contributed by atoms with E-state index in [0.29, 0.717) is 36.6 Å². The van der Waals surface area contributed by atoms with Crippen molar-refractivity contribution < 1.29 is 33.3 Å². The molecular weight excluding hydrogens is 541 g/mol. The molecule has 0 spiro atoms. The summed E-state index contributed by atoms with van der Waals surface area (Å²) in [6.45, 7) is 1.09. The summed E-state index contributed by atoms with van der Waals surface area (Å²) in [7, 11) is 2.82. The summed E-state index contributed by atoms with van der Waals surface area (Å²) in [4.78, 5) is 32.2. The number of imidazole rings is 1. The number of carbonyl (C=O) groups excluding carboxylic acids is 2. The summed E-state index contributed by atoms with van der Waals surface area (Å²) in [6, 6.07) is 17.7. The lowest BCUT2D eigenvalue weighted by atomic mass is 9.94. The molecule has 1 aliphatic rings. The highest BCUT2D eigenvalue weighted by Crippen LogP contribution is 2.42. The lowest BCUT2D eigenvalue weighted by Crippen LogP contribution is -2.31. The highest BCUT2D eigenvalue weighted by Gasteiger charge is 2.46. The van der Waals surface area contributed by atoms with Crippen molar-refractivity contribution in [3.8, 4) is 17.2 Å². The Morgan fingerprint density at radius 2 is 1.71 bits per heavy atom. The number of hydrogen-bond acceptors (Lipinski definition) is 7. The number of rotatable bonds is 11.